The van der Waals surface area contributed by atoms with Gasteiger partial charge in [-0.3, -0.25) is 4.79 Å². The fourth-order valence-electron chi connectivity index (χ4n) is 2.68. The molecule has 142 valence electrons. The van der Waals surface area contributed by atoms with E-state index in [4.69, 9.17) is 5.26 Å². The maximum absolute atomic E-state index is 12.9. The molecule has 0 aromatic heterocycles. The number of nitrogens with one attached hydrogen (secondary N) is 1. The van der Waals surface area contributed by atoms with Gasteiger partial charge in [0, 0.05) is 18.7 Å². The average Bonchev–Trinajstić information content (AvgIpc) is 2.68. The summed E-state index contributed by atoms with van der Waals surface area (Å²) in [6, 6.07) is 14.6. The van der Waals surface area contributed by atoms with Crippen LogP contribution in [0.25, 0.3) is 0 Å². The lowest BCUT2D eigenvalue weighted by molar-refractivity contribution is 0.102. The number of para-hydroxylation sites is 1. The number of carbonyl (C=O) groups is 1. The number of rotatable bonds is 8. The van der Waals surface area contributed by atoms with Crippen LogP contribution in [0.4, 0.5) is 5.69 Å². The Morgan fingerprint density at radius 2 is 1.74 bits per heavy atom. The van der Waals surface area contributed by atoms with Crippen molar-refractivity contribution in [1.82, 2.24) is 4.31 Å². The van der Waals surface area contributed by atoms with E-state index in [1.807, 2.05) is 19.9 Å². The minimum absolute atomic E-state index is 0.0885. The lowest BCUT2D eigenvalue weighted by Crippen LogP contribution is -2.32. The predicted octanol–water partition coefficient (Wildman–Crippen LogP) is 3.62. The van der Waals surface area contributed by atoms with Crippen molar-refractivity contribution in [2.45, 2.75) is 31.6 Å². The number of carbonyl (C=O) groups excluding carboxylic acids is 1. The summed E-state index contributed by atoms with van der Waals surface area (Å²) in [6.45, 7) is 4.72. The minimum atomic E-state index is -3.67. The van der Waals surface area contributed by atoms with Gasteiger partial charge in [-0.15, -0.1) is 0 Å². The van der Waals surface area contributed by atoms with Crippen molar-refractivity contribution in [2.75, 3.05) is 18.4 Å². The molecule has 0 unspecified atom stereocenters. The zero-order valence-electron chi connectivity index (χ0n) is 15.5. The van der Waals surface area contributed by atoms with Crippen LogP contribution >= 0.6 is 0 Å². The number of hydrogen-bond donors (Lipinski definition) is 1. The van der Waals surface area contributed by atoms with E-state index in [1.54, 1.807) is 36.4 Å². The average molecular weight is 385 g/mol. The molecule has 0 aliphatic rings. The van der Waals surface area contributed by atoms with Crippen LogP contribution in [0.15, 0.2) is 53.4 Å². The molecule has 2 aromatic carbocycles. The Bertz CT molecular complexity index is 943. The number of nitrogens with zero attached hydrogens (tertiary/aromatic N) is 2. The molecular formula is C20H23N3O3S. The highest BCUT2D eigenvalue weighted by atomic mass is 32.2. The smallest absolute Gasteiger partial charge is 0.255 e. The molecular weight excluding hydrogens is 362 g/mol. The molecule has 1 N–H and O–H groups in total. The number of sulfonamides is 1. The first-order valence-corrected chi connectivity index (χ1v) is 10.3. The van der Waals surface area contributed by atoms with Crippen molar-refractivity contribution in [3.05, 3.63) is 59.7 Å². The van der Waals surface area contributed by atoms with E-state index in [2.05, 4.69) is 5.32 Å². The van der Waals surface area contributed by atoms with Gasteiger partial charge in [0.15, 0.2) is 0 Å². The highest BCUT2D eigenvalue weighted by molar-refractivity contribution is 7.89. The zero-order valence-corrected chi connectivity index (χ0v) is 16.3. The Balaban J connectivity index is 2.31. The van der Waals surface area contributed by atoms with Crippen LogP contribution in [0, 0.1) is 11.3 Å². The van der Waals surface area contributed by atoms with Crippen LogP contribution in [-0.4, -0.2) is 31.7 Å². The first-order chi connectivity index (χ1) is 12.9. The standard InChI is InChI=1S/C20H23N3O3S/c1-3-12-23(13-4-2)27(25,26)18-10-7-9-16(14-18)20(24)22-19-11-6-5-8-17(19)15-21/h5-11,14H,3-4,12-13H2,1-2H3,(H,22,24). The summed E-state index contributed by atoms with van der Waals surface area (Å²) >= 11 is 0. The summed E-state index contributed by atoms with van der Waals surface area (Å²) in [5.74, 6) is -0.465. The summed E-state index contributed by atoms with van der Waals surface area (Å²) in [4.78, 5) is 12.6. The van der Waals surface area contributed by atoms with Gasteiger partial charge >= 0.3 is 0 Å². The SMILES string of the molecule is CCCN(CCC)S(=O)(=O)c1cccc(C(=O)Nc2ccccc2C#N)c1. The van der Waals surface area contributed by atoms with Crippen molar-refractivity contribution in [2.24, 2.45) is 0 Å². The summed E-state index contributed by atoms with van der Waals surface area (Å²) in [7, 11) is -3.67. The molecule has 0 bridgehead atoms. The largest absolute Gasteiger partial charge is 0.321 e. The topological polar surface area (TPSA) is 90.3 Å². The Morgan fingerprint density at radius 1 is 1.07 bits per heavy atom. The summed E-state index contributed by atoms with van der Waals surface area (Å²) < 4.78 is 27.2. The molecule has 0 fully saturated rings. The first kappa shape index (κ1) is 20.6. The van der Waals surface area contributed by atoms with Crippen molar-refractivity contribution in [3.8, 4) is 6.07 Å². The number of benzene rings is 2. The van der Waals surface area contributed by atoms with E-state index in [-0.39, 0.29) is 10.5 Å². The van der Waals surface area contributed by atoms with Crippen LogP contribution in [0.1, 0.15) is 42.6 Å². The van der Waals surface area contributed by atoms with Crippen molar-refractivity contribution >= 4 is 21.6 Å². The minimum Gasteiger partial charge on any atom is -0.321 e. The molecule has 0 saturated carbocycles. The molecule has 2 rings (SSSR count). The van der Waals surface area contributed by atoms with Crippen LogP contribution in [0.5, 0.6) is 0 Å². The zero-order chi connectivity index (χ0) is 19.9. The fraction of sp³-hybridized carbons (Fsp3) is 0.300. The van der Waals surface area contributed by atoms with Gasteiger partial charge in [-0.1, -0.05) is 32.0 Å². The molecule has 0 aliphatic carbocycles. The molecule has 0 atom stereocenters. The summed E-state index contributed by atoms with van der Waals surface area (Å²) in [5, 5.41) is 11.8. The molecule has 0 spiro atoms. The fourth-order valence-corrected chi connectivity index (χ4v) is 4.35. The molecule has 6 nitrogen and oxygen atoms in total. The van der Waals surface area contributed by atoms with Gasteiger partial charge in [-0.2, -0.15) is 9.57 Å². The highest BCUT2D eigenvalue weighted by Gasteiger charge is 2.24. The quantitative estimate of drug-likeness (QED) is 0.751. The van der Waals surface area contributed by atoms with Crippen molar-refractivity contribution < 1.29 is 13.2 Å². The third-order valence-corrected chi connectivity index (χ3v) is 5.87. The van der Waals surface area contributed by atoms with Crippen LogP contribution < -0.4 is 5.32 Å². The maximum Gasteiger partial charge on any atom is 0.255 e. The Kier molecular flexibility index (Phi) is 7.11. The number of hydrogen-bond acceptors (Lipinski definition) is 4. The third kappa shape index (κ3) is 4.94. The predicted molar refractivity (Wildman–Crippen MR) is 105 cm³/mol. The molecule has 0 saturated heterocycles. The van der Waals surface area contributed by atoms with Gasteiger partial charge in [0.05, 0.1) is 16.1 Å². The number of amides is 1. The summed E-state index contributed by atoms with van der Waals surface area (Å²) in [5.41, 5.74) is 0.945. The van der Waals surface area contributed by atoms with E-state index in [1.165, 1.54) is 16.4 Å². The Labute approximate surface area is 160 Å². The monoisotopic (exact) mass is 385 g/mol. The van der Waals surface area contributed by atoms with E-state index >= 15 is 0 Å². The number of anilines is 1. The second-order valence-corrected chi connectivity index (χ2v) is 7.98. The van der Waals surface area contributed by atoms with Gasteiger partial charge in [-0.05, 0) is 43.2 Å². The van der Waals surface area contributed by atoms with Gasteiger partial charge in [-0.25, -0.2) is 8.42 Å². The molecule has 0 radical (unpaired) electrons. The Hall–Kier alpha value is -2.69. The first-order valence-electron chi connectivity index (χ1n) is 8.84. The van der Waals surface area contributed by atoms with E-state index in [0.717, 1.165) is 0 Å². The number of nitriles is 1. The van der Waals surface area contributed by atoms with E-state index in [9.17, 15) is 13.2 Å². The molecule has 7 heteroatoms. The van der Waals surface area contributed by atoms with Gasteiger partial charge < -0.3 is 5.32 Å². The molecule has 1 amide bonds. The second kappa shape index (κ2) is 9.31. The lowest BCUT2D eigenvalue weighted by atomic mass is 10.1. The molecule has 0 aliphatic heterocycles. The summed E-state index contributed by atoms with van der Waals surface area (Å²) in [6.07, 6.45) is 1.43. The second-order valence-electron chi connectivity index (χ2n) is 6.04. The van der Waals surface area contributed by atoms with Gasteiger partial charge in [0.2, 0.25) is 10.0 Å². The van der Waals surface area contributed by atoms with E-state index in [0.29, 0.717) is 37.2 Å². The van der Waals surface area contributed by atoms with Gasteiger partial charge in [0.1, 0.15) is 6.07 Å². The lowest BCUT2D eigenvalue weighted by Gasteiger charge is -2.21. The van der Waals surface area contributed by atoms with Crippen molar-refractivity contribution in [3.63, 3.8) is 0 Å². The maximum atomic E-state index is 12.9. The Morgan fingerprint density at radius 3 is 2.37 bits per heavy atom. The molecule has 2 aromatic rings. The van der Waals surface area contributed by atoms with E-state index < -0.39 is 15.9 Å². The normalized spacial score (nSPS) is 11.2. The van der Waals surface area contributed by atoms with Gasteiger partial charge in [0.25, 0.3) is 5.91 Å². The molecule has 27 heavy (non-hydrogen) atoms. The highest BCUT2D eigenvalue weighted by Crippen LogP contribution is 2.20. The molecule has 0 heterocycles. The van der Waals surface area contributed by atoms with Crippen LogP contribution in [0.3, 0.4) is 0 Å². The third-order valence-electron chi connectivity index (χ3n) is 3.98. The van der Waals surface area contributed by atoms with Crippen LogP contribution in [0.2, 0.25) is 0 Å². The van der Waals surface area contributed by atoms with Crippen LogP contribution in [-0.2, 0) is 10.0 Å². The van der Waals surface area contributed by atoms with Crippen molar-refractivity contribution in [1.29, 1.82) is 5.26 Å².